The summed E-state index contributed by atoms with van der Waals surface area (Å²) in [7, 11) is 0. The zero-order chi connectivity index (χ0) is 23.2. The van der Waals surface area contributed by atoms with E-state index in [4.69, 9.17) is 9.97 Å². The van der Waals surface area contributed by atoms with Gasteiger partial charge in [-0.3, -0.25) is 4.79 Å². The predicted molar refractivity (Wildman–Crippen MR) is 129 cm³/mol. The van der Waals surface area contributed by atoms with E-state index < -0.39 is 5.41 Å². The van der Waals surface area contributed by atoms with E-state index >= 15 is 0 Å². The zero-order valence-electron chi connectivity index (χ0n) is 19.6. The summed E-state index contributed by atoms with van der Waals surface area (Å²) in [4.78, 5) is 23.1. The van der Waals surface area contributed by atoms with E-state index in [-0.39, 0.29) is 23.2 Å². The molecule has 0 amide bonds. The lowest BCUT2D eigenvalue weighted by Gasteiger charge is -2.45. The fourth-order valence-corrected chi connectivity index (χ4v) is 5.89. The minimum atomic E-state index is -0.473. The molecule has 0 fully saturated rings. The zero-order valence-corrected chi connectivity index (χ0v) is 19.6. The number of hydrogen-bond donors (Lipinski definition) is 1. The van der Waals surface area contributed by atoms with Crippen LogP contribution in [0.5, 0.6) is 0 Å². The highest BCUT2D eigenvalue weighted by molar-refractivity contribution is 6.02. The third-order valence-electron chi connectivity index (χ3n) is 7.81. The molecule has 0 unspecified atom stereocenters. The molecule has 168 valence electrons. The molecule has 1 aromatic carbocycles. The maximum Gasteiger partial charge on any atom is 0.176 e. The van der Waals surface area contributed by atoms with Crippen molar-refractivity contribution in [3.05, 3.63) is 65.1 Å². The van der Waals surface area contributed by atoms with Gasteiger partial charge >= 0.3 is 0 Å². The van der Waals surface area contributed by atoms with E-state index in [1.54, 1.807) is 0 Å². The lowest BCUT2D eigenvalue weighted by Crippen LogP contribution is -2.46. The molecule has 0 saturated heterocycles. The normalized spacial score (nSPS) is 29.2. The van der Waals surface area contributed by atoms with Crippen molar-refractivity contribution < 1.29 is 4.79 Å². The molecule has 0 saturated carbocycles. The average Bonchev–Trinajstić information content (AvgIpc) is 3.06. The number of ketones is 1. The highest BCUT2D eigenvalue weighted by Crippen LogP contribution is 2.50. The van der Waals surface area contributed by atoms with Crippen LogP contribution in [0.15, 0.2) is 48.1 Å². The summed E-state index contributed by atoms with van der Waals surface area (Å²) in [6.07, 6.45) is 7.96. The lowest BCUT2D eigenvalue weighted by atomic mass is 9.57. The maximum absolute atomic E-state index is 12.8. The van der Waals surface area contributed by atoms with Crippen LogP contribution in [-0.2, 0) is 16.6 Å². The summed E-state index contributed by atoms with van der Waals surface area (Å²) in [5.74, 6) is 0.654. The molecule has 2 heterocycles. The Balaban J connectivity index is 1.75. The van der Waals surface area contributed by atoms with Gasteiger partial charge in [-0.05, 0) is 38.5 Å². The predicted octanol–water partition coefficient (Wildman–Crippen LogP) is 4.79. The van der Waals surface area contributed by atoms with Crippen LogP contribution in [0, 0.1) is 23.2 Å². The van der Waals surface area contributed by atoms with Gasteiger partial charge in [0.25, 0.3) is 0 Å². The molecule has 0 bridgehead atoms. The first kappa shape index (κ1) is 21.7. The van der Waals surface area contributed by atoms with Crippen molar-refractivity contribution >= 4 is 11.4 Å². The van der Waals surface area contributed by atoms with Crippen molar-refractivity contribution in [3.63, 3.8) is 0 Å². The van der Waals surface area contributed by atoms with E-state index in [0.717, 1.165) is 66.1 Å². The summed E-state index contributed by atoms with van der Waals surface area (Å²) >= 11 is 0. The molecule has 1 aliphatic heterocycles. The van der Waals surface area contributed by atoms with Gasteiger partial charge in [-0.25, -0.2) is 9.97 Å². The average molecular weight is 439 g/mol. The molecule has 33 heavy (non-hydrogen) atoms. The molecule has 1 N–H and O–H groups in total. The Morgan fingerprint density at radius 3 is 2.70 bits per heavy atom. The second kappa shape index (κ2) is 8.35. The minimum Gasteiger partial charge on any atom is -0.310 e. The van der Waals surface area contributed by atoms with Crippen molar-refractivity contribution in [1.29, 1.82) is 5.26 Å². The van der Waals surface area contributed by atoms with Gasteiger partial charge in [0.2, 0.25) is 0 Å². The van der Waals surface area contributed by atoms with E-state index in [1.165, 1.54) is 0 Å². The molecule has 2 aromatic rings. The first-order valence-electron chi connectivity index (χ1n) is 12.0. The number of Topliss-reactive ketones (excluding diaryl/α,β-unsaturated/α-hetero) is 1. The molecule has 5 nitrogen and oxygen atoms in total. The number of nitrogens with zero attached hydrogens (tertiary/aromatic N) is 3. The molecular formula is C28H30N4O. The second-order valence-corrected chi connectivity index (χ2v) is 9.93. The van der Waals surface area contributed by atoms with Crippen LogP contribution in [-0.4, -0.2) is 28.3 Å². The maximum atomic E-state index is 12.8. The molecule has 1 aromatic heterocycles. The van der Waals surface area contributed by atoms with Gasteiger partial charge in [0, 0.05) is 40.6 Å². The largest absolute Gasteiger partial charge is 0.310 e. The minimum absolute atomic E-state index is 0.0364. The number of aromatic nitrogens is 2. The molecule has 4 atom stereocenters. The fraction of sp³-hybridized carbons (Fsp3) is 0.429. The summed E-state index contributed by atoms with van der Waals surface area (Å²) in [5, 5.41) is 13.3. The topological polar surface area (TPSA) is 78.7 Å². The quantitative estimate of drug-likeness (QED) is 0.729. The summed E-state index contributed by atoms with van der Waals surface area (Å²) in [6.45, 7) is 7.08. The van der Waals surface area contributed by atoms with Gasteiger partial charge in [-0.2, -0.15) is 5.26 Å². The molecule has 2 aliphatic carbocycles. The van der Waals surface area contributed by atoms with Crippen molar-refractivity contribution in [2.45, 2.75) is 57.9 Å². The molecule has 5 rings (SSSR count). The Bertz CT molecular complexity index is 1210. The fourth-order valence-electron chi connectivity index (χ4n) is 5.89. The molecule has 0 spiro atoms. The highest BCUT2D eigenvalue weighted by atomic mass is 16.1. The van der Waals surface area contributed by atoms with Crippen molar-refractivity contribution in [2.24, 2.45) is 11.8 Å². The molecule has 3 aliphatic rings. The first-order valence-corrected chi connectivity index (χ1v) is 12.0. The first-order chi connectivity index (χ1) is 15.9. The Morgan fingerprint density at radius 1 is 1.15 bits per heavy atom. The van der Waals surface area contributed by atoms with E-state index in [2.05, 4.69) is 43.4 Å². The third-order valence-corrected chi connectivity index (χ3v) is 7.81. The number of carbonyl (C=O) groups is 1. The molecule has 0 radical (unpaired) electrons. The van der Waals surface area contributed by atoms with Crippen molar-refractivity contribution in [2.75, 3.05) is 6.54 Å². The number of rotatable bonds is 2. The van der Waals surface area contributed by atoms with Crippen molar-refractivity contribution in [1.82, 2.24) is 15.3 Å². The standard InChI is InChI=1S/C28H30N4O/c1-17-8-7-11-20(16-30-17)27-31-24(19-9-5-4-6-10-19)22-12-13-23-18(2)25(33)21(15-29)14-28(23,3)26(22)32-27/h4-6,9-11,14,17-18,23,30H,7-8,12-13,16H2,1-3H3/t17-,18-,23-,28-/m1/s1. The number of benzene rings is 1. The van der Waals surface area contributed by atoms with E-state index in [0.29, 0.717) is 6.04 Å². The van der Waals surface area contributed by atoms with Crippen LogP contribution in [0.4, 0.5) is 0 Å². The highest BCUT2D eigenvalue weighted by Gasteiger charge is 2.49. The Morgan fingerprint density at radius 2 is 1.94 bits per heavy atom. The van der Waals surface area contributed by atoms with Crippen LogP contribution in [0.3, 0.4) is 0 Å². The number of nitrogens with one attached hydrogen (secondary N) is 1. The van der Waals surface area contributed by atoms with Gasteiger partial charge < -0.3 is 5.32 Å². The molecule has 5 heteroatoms. The van der Waals surface area contributed by atoms with Crippen LogP contribution < -0.4 is 5.32 Å². The Hall–Kier alpha value is -3.10. The van der Waals surface area contributed by atoms with Gasteiger partial charge in [0.05, 0.1) is 17.0 Å². The summed E-state index contributed by atoms with van der Waals surface area (Å²) < 4.78 is 0. The number of nitriles is 1. The molecular weight excluding hydrogens is 408 g/mol. The van der Waals surface area contributed by atoms with Crippen molar-refractivity contribution in [3.8, 4) is 17.3 Å². The van der Waals surface area contributed by atoms with Gasteiger partial charge in [-0.1, -0.05) is 56.3 Å². The van der Waals surface area contributed by atoms with Crippen LogP contribution in [0.1, 0.15) is 57.1 Å². The number of allylic oxidation sites excluding steroid dienone is 3. The van der Waals surface area contributed by atoms with Crippen LogP contribution in [0.25, 0.3) is 16.8 Å². The Kier molecular flexibility index (Phi) is 5.50. The second-order valence-electron chi connectivity index (χ2n) is 9.93. The smallest absolute Gasteiger partial charge is 0.176 e. The monoisotopic (exact) mass is 438 g/mol. The number of hydrogen-bond acceptors (Lipinski definition) is 5. The van der Waals surface area contributed by atoms with Gasteiger partial charge in [0.1, 0.15) is 6.07 Å². The number of fused-ring (bicyclic) bond motifs is 3. The van der Waals surface area contributed by atoms with E-state index in [9.17, 15) is 10.1 Å². The van der Waals surface area contributed by atoms with E-state index in [1.807, 2.05) is 31.2 Å². The lowest BCUT2D eigenvalue weighted by molar-refractivity contribution is -0.121. The van der Waals surface area contributed by atoms with Crippen LogP contribution >= 0.6 is 0 Å². The number of carbonyl (C=O) groups excluding carboxylic acids is 1. The Labute approximate surface area is 195 Å². The SMILES string of the molecule is C[C@@H]1CCC=C(c2nc(-c3ccccc3)c3c(n2)[C@]2(C)C=C(C#N)C(=O)[C@H](C)[C@H]2CC3)CN1. The summed E-state index contributed by atoms with van der Waals surface area (Å²) in [6, 6.07) is 12.9. The van der Waals surface area contributed by atoms with Crippen LogP contribution in [0.2, 0.25) is 0 Å². The van der Waals surface area contributed by atoms with Gasteiger partial charge in [-0.15, -0.1) is 0 Å². The third kappa shape index (κ3) is 3.63. The summed E-state index contributed by atoms with van der Waals surface area (Å²) in [5.41, 5.74) is 5.10. The van der Waals surface area contributed by atoms with Gasteiger partial charge in [0.15, 0.2) is 11.6 Å².